The van der Waals surface area contributed by atoms with E-state index in [1.54, 1.807) is 11.8 Å². The zero-order chi connectivity index (χ0) is 14.4. The van der Waals surface area contributed by atoms with Crippen molar-refractivity contribution in [3.05, 3.63) is 41.7 Å². The normalized spacial score (nSPS) is 10.5. The van der Waals surface area contributed by atoms with E-state index in [1.165, 1.54) is 0 Å². The molecule has 1 heterocycles. The summed E-state index contributed by atoms with van der Waals surface area (Å²) < 4.78 is 6.79. The fourth-order valence-electron chi connectivity index (χ4n) is 1.84. The van der Waals surface area contributed by atoms with Crippen LogP contribution < -0.4 is 5.32 Å². The molecule has 1 aromatic carbocycles. The quantitative estimate of drug-likeness (QED) is 0.867. The average molecular weight is 274 g/mol. The van der Waals surface area contributed by atoms with Crippen LogP contribution in [-0.4, -0.2) is 34.6 Å². The molecule has 1 aromatic heterocycles. The summed E-state index contributed by atoms with van der Waals surface area (Å²) in [6.45, 7) is 2.89. The van der Waals surface area contributed by atoms with Crippen molar-refractivity contribution in [3.8, 4) is 5.69 Å². The summed E-state index contributed by atoms with van der Waals surface area (Å²) in [5.74, 6) is -0.221. The number of carbonyl (C=O) groups is 1. The van der Waals surface area contributed by atoms with Crippen molar-refractivity contribution < 1.29 is 9.53 Å². The summed E-state index contributed by atoms with van der Waals surface area (Å²) in [6.07, 6.45) is 0.873. The Bertz CT molecular complexity index is 566. The van der Waals surface area contributed by atoms with Crippen LogP contribution in [0.4, 0.5) is 0 Å². The lowest BCUT2D eigenvalue weighted by Gasteiger charge is -2.07. The van der Waals surface area contributed by atoms with E-state index in [2.05, 4.69) is 15.6 Å². The van der Waals surface area contributed by atoms with Crippen LogP contribution in [-0.2, 0) is 11.3 Å². The van der Waals surface area contributed by atoms with Gasteiger partial charge in [-0.25, -0.2) is 4.68 Å². The Balaban J connectivity index is 2.35. The third-order valence-electron chi connectivity index (χ3n) is 2.80. The number of carbonyl (C=O) groups excluding carboxylic acids is 1. The van der Waals surface area contributed by atoms with Gasteiger partial charge in [0.2, 0.25) is 0 Å². The van der Waals surface area contributed by atoms with Gasteiger partial charge in [0.15, 0.2) is 5.69 Å². The number of nitrogens with zero attached hydrogens (tertiary/aromatic N) is 3. The molecular weight excluding hydrogens is 256 g/mol. The molecule has 0 fully saturated rings. The van der Waals surface area contributed by atoms with Crippen LogP contribution >= 0.6 is 0 Å². The minimum Gasteiger partial charge on any atom is -0.378 e. The SMILES string of the molecule is CCCNC(=O)c1nnn(-c2ccccc2)c1COC. The molecule has 106 valence electrons. The average Bonchev–Trinajstić information content (AvgIpc) is 2.90. The standard InChI is InChI=1S/C14H18N4O2/c1-3-9-15-14(19)13-12(10-20-2)18(17-16-13)11-7-5-4-6-8-11/h4-8H,3,9-10H2,1-2H3,(H,15,19). The van der Waals surface area contributed by atoms with Gasteiger partial charge in [-0.2, -0.15) is 0 Å². The summed E-state index contributed by atoms with van der Waals surface area (Å²) in [5, 5.41) is 10.8. The lowest BCUT2D eigenvalue weighted by atomic mass is 10.2. The van der Waals surface area contributed by atoms with Gasteiger partial charge in [-0.3, -0.25) is 4.79 Å². The zero-order valence-corrected chi connectivity index (χ0v) is 11.7. The Morgan fingerprint density at radius 2 is 2.10 bits per heavy atom. The molecule has 0 saturated carbocycles. The zero-order valence-electron chi connectivity index (χ0n) is 11.7. The first-order valence-corrected chi connectivity index (χ1v) is 6.55. The molecule has 0 spiro atoms. The van der Waals surface area contributed by atoms with Gasteiger partial charge < -0.3 is 10.1 Å². The van der Waals surface area contributed by atoms with Gasteiger partial charge in [-0.05, 0) is 18.6 Å². The molecule has 6 nitrogen and oxygen atoms in total. The number of hydrogen-bond donors (Lipinski definition) is 1. The second-order valence-corrected chi connectivity index (χ2v) is 4.32. The molecule has 0 aliphatic carbocycles. The lowest BCUT2D eigenvalue weighted by molar-refractivity contribution is 0.0943. The van der Waals surface area contributed by atoms with E-state index < -0.39 is 0 Å². The highest BCUT2D eigenvalue weighted by Crippen LogP contribution is 2.13. The largest absolute Gasteiger partial charge is 0.378 e. The fraction of sp³-hybridized carbons (Fsp3) is 0.357. The predicted octanol–water partition coefficient (Wildman–Crippen LogP) is 1.55. The number of rotatable bonds is 6. The summed E-state index contributed by atoms with van der Waals surface area (Å²) in [4.78, 5) is 12.1. The van der Waals surface area contributed by atoms with Gasteiger partial charge in [0.05, 0.1) is 12.3 Å². The second kappa shape index (κ2) is 6.81. The number of hydrogen-bond acceptors (Lipinski definition) is 4. The molecule has 0 radical (unpaired) electrons. The van der Waals surface area contributed by atoms with E-state index >= 15 is 0 Å². The molecule has 0 bridgehead atoms. The third kappa shape index (κ3) is 3.03. The van der Waals surface area contributed by atoms with E-state index in [9.17, 15) is 4.79 Å². The number of benzene rings is 1. The molecule has 20 heavy (non-hydrogen) atoms. The Kier molecular flexibility index (Phi) is 4.84. The van der Waals surface area contributed by atoms with Gasteiger partial charge >= 0.3 is 0 Å². The maximum Gasteiger partial charge on any atom is 0.273 e. The molecule has 1 amide bonds. The molecule has 0 unspecified atom stereocenters. The van der Waals surface area contributed by atoms with E-state index in [1.807, 2.05) is 37.3 Å². The van der Waals surface area contributed by atoms with Crippen molar-refractivity contribution >= 4 is 5.91 Å². The third-order valence-corrected chi connectivity index (χ3v) is 2.80. The van der Waals surface area contributed by atoms with Crippen LogP contribution in [0.3, 0.4) is 0 Å². The first kappa shape index (κ1) is 14.2. The second-order valence-electron chi connectivity index (χ2n) is 4.32. The summed E-state index contributed by atoms with van der Waals surface area (Å²) in [6, 6.07) is 9.54. The maximum absolute atomic E-state index is 12.1. The van der Waals surface area contributed by atoms with Crippen molar-refractivity contribution in [1.29, 1.82) is 0 Å². The first-order valence-electron chi connectivity index (χ1n) is 6.55. The molecule has 6 heteroatoms. The summed E-state index contributed by atoms with van der Waals surface area (Å²) >= 11 is 0. The van der Waals surface area contributed by atoms with Crippen LogP contribution in [0.25, 0.3) is 5.69 Å². The topological polar surface area (TPSA) is 69.0 Å². The van der Waals surface area contributed by atoms with Crippen molar-refractivity contribution in [2.45, 2.75) is 20.0 Å². The fourth-order valence-corrected chi connectivity index (χ4v) is 1.84. The number of aromatic nitrogens is 3. The van der Waals surface area contributed by atoms with E-state index in [-0.39, 0.29) is 12.5 Å². The number of ether oxygens (including phenoxy) is 1. The highest BCUT2D eigenvalue weighted by atomic mass is 16.5. The van der Waals surface area contributed by atoms with Crippen molar-refractivity contribution in [2.75, 3.05) is 13.7 Å². The number of nitrogens with one attached hydrogen (secondary N) is 1. The van der Waals surface area contributed by atoms with Crippen LogP contribution in [0.15, 0.2) is 30.3 Å². The molecule has 2 aromatic rings. The molecule has 0 saturated heterocycles. The number of amides is 1. The number of methoxy groups -OCH3 is 1. The van der Waals surface area contributed by atoms with Crippen molar-refractivity contribution in [3.63, 3.8) is 0 Å². The van der Waals surface area contributed by atoms with Crippen LogP contribution in [0.2, 0.25) is 0 Å². The Labute approximate surface area is 117 Å². The first-order chi connectivity index (χ1) is 9.77. The maximum atomic E-state index is 12.1. The highest BCUT2D eigenvalue weighted by molar-refractivity contribution is 5.93. The summed E-state index contributed by atoms with van der Waals surface area (Å²) in [5.41, 5.74) is 1.80. The molecule has 0 atom stereocenters. The van der Waals surface area contributed by atoms with Gasteiger partial charge in [0, 0.05) is 13.7 Å². The predicted molar refractivity (Wildman–Crippen MR) is 74.7 cm³/mol. The monoisotopic (exact) mass is 274 g/mol. The van der Waals surface area contributed by atoms with Crippen LogP contribution in [0.5, 0.6) is 0 Å². The van der Waals surface area contributed by atoms with Crippen LogP contribution in [0, 0.1) is 0 Å². The minimum absolute atomic E-state index is 0.221. The van der Waals surface area contributed by atoms with Gasteiger partial charge in [-0.1, -0.05) is 30.3 Å². The lowest BCUT2D eigenvalue weighted by Crippen LogP contribution is -2.25. The van der Waals surface area contributed by atoms with E-state index in [0.29, 0.717) is 17.9 Å². The molecule has 0 aliphatic heterocycles. The van der Waals surface area contributed by atoms with E-state index in [0.717, 1.165) is 12.1 Å². The minimum atomic E-state index is -0.221. The van der Waals surface area contributed by atoms with Gasteiger partial charge in [0.25, 0.3) is 5.91 Å². The Morgan fingerprint density at radius 3 is 2.75 bits per heavy atom. The Morgan fingerprint density at radius 1 is 1.35 bits per heavy atom. The number of para-hydroxylation sites is 1. The van der Waals surface area contributed by atoms with Gasteiger partial charge in [-0.15, -0.1) is 5.10 Å². The van der Waals surface area contributed by atoms with Gasteiger partial charge in [0.1, 0.15) is 5.69 Å². The highest BCUT2D eigenvalue weighted by Gasteiger charge is 2.19. The van der Waals surface area contributed by atoms with Crippen LogP contribution in [0.1, 0.15) is 29.5 Å². The molecule has 0 aliphatic rings. The van der Waals surface area contributed by atoms with E-state index in [4.69, 9.17) is 4.74 Å². The molecular formula is C14H18N4O2. The van der Waals surface area contributed by atoms with Crippen molar-refractivity contribution in [1.82, 2.24) is 20.3 Å². The molecule has 2 rings (SSSR count). The Hall–Kier alpha value is -2.21. The molecule has 1 N–H and O–H groups in total. The van der Waals surface area contributed by atoms with Crippen molar-refractivity contribution in [2.24, 2.45) is 0 Å². The summed E-state index contributed by atoms with van der Waals surface area (Å²) in [7, 11) is 1.58. The smallest absolute Gasteiger partial charge is 0.273 e.